The zero-order valence-corrected chi connectivity index (χ0v) is 26.4. The fourth-order valence-corrected chi connectivity index (χ4v) is 7.96. The topological polar surface area (TPSA) is 179 Å². The van der Waals surface area contributed by atoms with Crippen LogP contribution in [0, 0.1) is 0 Å². The van der Waals surface area contributed by atoms with Gasteiger partial charge in [-0.2, -0.15) is 13.2 Å². The number of aromatic nitrogens is 2. The van der Waals surface area contributed by atoms with Crippen LogP contribution in [0.1, 0.15) is 35.2 Å². The number of nitrogens with zero attached hydrogens (tertiary/aromatic N) is 2. The molecule has 17 heteroatoms. The van der Waals surface area contributed by atoms with Gasteiger partial charge >= 0.3 is 6.18 Å². The zero-order valence-electron chi connectivity index (χ0n) is 23.9. The van der Waals surface area contributed by atoms with E-state index in [1.165, 1.54) is 16.8 Å². The minimum Gasteiger partial charge on any atom is -0.389 e. The summed E-state index contributed by atoms with van der Waals surface area (Å²) in [5, 5.41) is 15.2. The van der Waals surface area contributed by atoms with E-state index in [1.54, 1.807) is 38.1 Å². The van der Waals surface area contributed by atoms with Gasteiger partial charge in [-0.05, 0) is 60.9 Å². The Balaban J connectivity index is 1.69. The Morgan fingerprint density at radius 1 is 1.04 bits per heavy atom. The molecule has 4 rings (SSSR count). The SMILES string of the molecule is CC(C)(O)Cn1ccc(-c2ccc3nc(C(C(=O)NCCS(N)(=O)=O)S(=O)(=O)Cc4ccc(C(F)(F)F)cc4)sc3c2)cc1=O. The van der Waals surface area contributed by atoms with Crippen LogP contribution in [0.15, 0.2) is 65.6 Å². The lowest BCUT2D eigenvalue weighted by Crippen LogP contribution is -2.37. The summed E-state index contributed by atoms with van der Waals surface area (Å²) in [5.74, 6) is -2.55. The Kier molecular flexibility index (Phi) is 9.61. The largest absolute Gasteiger partial charge is 0.416 e. The van der Waals surface area contributed by atoms with Crippen molar-refractivity contribution in [3.05, 3.63) is 87.3 Å². The highest BCUT2D eigenvalue weighted by atomic mass is 32.2. The van der Waals surface area contributed by atoms with Gasteiger partial charge in [0.1, 0.15) is 5.01 Å². The first-order valence-corrected chi connectivity index (χ1v) is 17.5. The van der Waals surface area contributed by atoms with Crippen LogP contribution in [-0.4, -0.2) is 55.3 Å². The molecule has 0 saturated heterocycles. The number of benzene rings is 2. The number of sulfone groups is 1. The first-order chi connectivity index (χ1) is 20.7. The maximum absolute atomic E-state index is 13.6. The third-order valence-electron chi connectivity index (χ3n) is 6.45. The van der Waals surface area contributed by atoms with Crippen molar-refractivity contribution >= 4 is 47.3 Å². The molecule has 1 amide bonds. The van der Waals surface area contributed by atoms with E-state index in [2.05, 4.69) is 10.3 Å². The van der Waals surface area contributed by atoms with E-state index < -0.39 is 66.4 Å². The second kappa shape index (κ2) is 12.6. The van der Waals surface area contributed by atoms with E-state index in [0.29, 0.717) is 21.3 Å². The smallest absolute Gasteiger partial charge is 0.389 e. The van der Waals surface area contributed by atoms with Gasteiger partial charge in [0.15, 0.2) is 15.1 Å². The van der Waals surface area contributed by atoms with E-state index in [9.17, 15) is 44.7 Å². The van der Waals surface area contributed by atoms with Crippen molar-refractivity contribution < 1.29 is 39.9 Å². The third-order valence-corrected chi connectivity index (χ3v) is 10.3. The monoisotopic (exact) mass is 686 g/mol. The van der Waals surface area contributed by atoms with Gasteiger partial charge in [0.2, 0.25) is 15.9 Å². The van der Waals surface area contributed by atoms with Crippen LogP contribution in [0.5, 0.6) is 0 Å². The number of hydrogen-bond acceptors (Lipinski definition) is 9. The van der Waals surface area contributed by atoms with Crippen LogP contribution < -0.4 is 16.0 Å². The molecule has 4 N–H and O–H groups in total. The van der Waals surface area contributed by atoms with Crippen molar-refractivity contribution in [2.75, 3.05) is 12.3 Å². The molecule has 4 aromatic rings. The summed E-state index contributed by atoms with van der Waals surface area (Å²) < 4.78 is 90.7. The average molecular weight is 687 g/mol. The second-order valence-corrected chi connectivity index (χ2v) is 15.9. The van der Waals surface area contributed by atoms with E-state index in [0.717, 1.165) is 35.6 Å². The highest BCUT2D eigenvalue weighted by Gasteiger charge is 2.37. The number of carbonyl (C=O) groups excluding carboxylic acids is 1. The Morgan fingerprint density at radius 2 is 1.69 bits per heavy atom. The molecule has 1 unspecified atom stereocenters. The number of thiazole rings is 1. The molecule has 2 aromatic carbocycles. The number of hydrogen-bond donors (Lipinski definition) is 3. The number of alkyl halides is 3. The van der Waals surface area contributed by atoms with Gasteiger partial charge < -0.3 is 15.0 Å². The molecule has 0 aliphatic carbocycles. The Bertz CT molecular complexity index is 2000. The van der Waals surface area contributed by atoms with E-state index in [-0.39, 0.29) is 22.7 Å². The van der Waals surface area contributed by atoms with Crippen molar-refractivity contribution in [1.82, 2.24) is 14.9 Å². The van der Waals surface area contributed by atoms with Crippen LogP contribution in [0.25, 0.3) is 21.3 Å². The van der Waals surface area contributed by atoms with Crippen molar-refractivity contribution in [2.45, 2.75) is 43.2 Å². The van der Waals surface area contributed by atoms with E-state index >= 15 is 0 Å². The Hall–Kier alpha value is -3.64. The van der Waals surface area contributed by atoms with Crippen LogP contribution in [0.4, 0.5) is 13.2 Å². The number of primary sulfonamides is 1. The minimum atomic E-state index is -4.63. The molecule has 0 bridgehead atoms. The first-order valence-electron chi connectivity index (χ1n) is 13.2. The van der Waals surface area contributed by atoms with Crippen molar-refractivity contribution in [2.24, 2.45) is 5.14 Å². The number of carbonyl (C=O) groups is 1. The molecule has 2 heterocycles. The predicted octanol–water partition coefficient (Wildman–Crippen LogP) is 2.98. The number of nitrogens with one attached hydrogen (secondary N) is 1. The molecule has 242 valence electrons. The Morgan fingerprint density at radius 3 is 2.27 bits per heavy atom. The molecule has 2 aromatic heterocycles. The van der Waals surface area contributed by atoms with Crippen LogP contribution >= 0.6 is 11.3 Å². The van der Waals surface area contributed by atoms with Crippen LogP contribution in [0.3, 0.4) is 0 Å². The molecule has 11 nitrogen and oxygen atoms in total. The number of aliphatic hydroxyl groups is 1. The first kappa shape index (κ1) is 34.2. The molecule has 1 atom stereocenters. The standard InChI is InChI=1S/C28H29F3N4O7S3/c1-27(2,38)16-35-11-9-19(14-23(35)36)18-5-8-21-22(13-18)43-26(34-21)24(25(37)33-10-12-45(32,41)42)44(39,40)15-17-3-6-20(7-4-17)28(29,30)31/h3-9,11,13-14,24,38H,10,12,15-16H2,1-2H3,(H,33,37)(H2,32,41,42). The maximum Gasteiger partial charge on any atom is 0.416 e. The zero-order chi connectivity index (χ0) is 33.4. The normalized spacial score (nSPS) is 13.6. The van der Waals surface area contributed by atoms with Gasteiger partial charge in [0.25, 0.3) is 5.56 Å². The summed E-state index contributed by atoms with van der Waals surface area (Å²) >= 11 is 0.881. The van der Waals surface area contributed by atoms with Crippen molar-refractivity contribution in [3.8, 4) is 11.1 Å². The number of rotatable bonds is 11. The number of fused-ring (bicyclic) bond motifs is 1. The van der Waals surface area contributed by atoms with Crippen molar-refractivity contribution in [3.63, 3.8) is 0 Å². The summed E-state index contributed by atoms with van der Waals surface area (Å²) in [4.78, 5) is 30.2. The van der Waals surface area contributed by atoms with Gasteiger partial charge in [-0.15, -0.1) is 11.3 Å². The lowest BCUT2D eigenvalue weighted by molar-refractivity contribution is -0.137. The Labute approximate surface area is 260 Å². The number of sulfonamides is 1. The average Bonchev–Trinajstić information content (AvgIpc) is 3.30. The number of nitrogens with two attached hydrogens (primary N) is 1. The van der Waals surface area contributed by atoms with Crippen molar-refractivity contribution in [1.29, 1.82) is 0 Å². The quantitative estimate of drug-likeness (QED) is 0.216. The molecular weight excluding hydrogens is 658 g/mol. The molecule has 45 heavy (non-hydrogen) atoms. The lowest BCUT2D eigenvalue weighted by Gasteiger charge is -2.18. The fraction of sp³-hybridized carbons (Fsp3) is 0.321. The summed E-state index contributed by atoms with van der Waals surface area (Å²) in [6.45, 7) is 2.73. The second-order valence-electron chi connectivity index (χ2n) is 11.0. The highest BCUT2D eigenvalue weighted by Crippen LogP contribution is 2.35. The highest BCUT2D eigenvalue weighted by molar-refractivity contribution is 7.91. The molecule has 0 spiro atoms. The number of pyridine rings is 1. The van der Waals surface area contributed by atoms with Gasteiger partial charge in [-0.25, -0.2) is 27.0 Å². The molecule has 0 aliphatic rings. The van der Waals surface area contributed by atoms with Crippen LogP contribution in [-0.2, 0) is 43.1 Å². The van der Waals surface area contributed by atoms with E-state index in [4.69, 9.17) is 5.14 Å². The van der Waals surface area contributed by atoms with E-state index in [1.807, 2.05) is 0 Å². The van der Waals surface area contributed by atoms with Crippen LogP contribution in [0.2, 0.25) is 0 Å². The van der Waals surface area contributed by atoms with Gasteiger partial charge in [0, 0.05) is 18.8 Å². The van der Waals surface area contributed by atoms with Gasteiger partial charge in [-0.3, -0.25) is 9.59 Å². The summed E-state index contributed by atoms with van der Waals surface area (Å²) in [6, 6.07) is 11.4. The lowest BCUT2D eigenvalue weighted by atomic mass is 10.1. The predicted molar refractivity (Wildman–Crippen MR) is 163 cm³/mol. The summed E-state index contributed by atoms with van der Waals surface area (Å²) in [5.41, 5.74) is -0.988. The molecule has 0 aliphatic heterocycles. The summed E-state index contributed by atoms with van der Waals surface area (Å²) in [6.07, 6.45) is -3.09. The molecular formula is C28H29F3N4O7S3. The minimum absolute atomic E-state index is 0.00643. The molecule has 0 fully saturated rings. The van der Waals surface area contributed by atoms with Gasteiger partial charge in [0.05, 0.1) is 39.4 Å². The third kappa shape index (κ3) is 8.97. The molecule has 0 radical (unpaired) electrons. The van der Waals surface area contributed by atoms with Gasteiger partial charge in [-0.1, -0.05) is 18.2 Å². The summed E-state index contributed by atoms with van der Waals surface area (Å²) in [7, 11) is -8.45. The maximum atomic E-state index is 13.6. The number of halogens is 3. The molecule has 0 saturated carbocycles. The number of amides is 1. The fourth-order valence-electron chi connectivity index (χ4n) is 4.41.